The van der Waals surface area contributed by atoms with Crippen molar-refractivity contribution in [2.24, 2.45) is 0 Å². The van der Waals surface area contributed by atoms with Crippen LogP contribution < -0.4 is 5.32 Å². The number of hydrogen-bond donors (Lipinski definition) is 1. The molecular weight excluding hydrogens is 276 g/mol. The van der Waals surface area contributed by atoms with E-state index in [-0.39, 0.29) is 0 Å². The van der Waals surface area contributed by atoms with Crippen molar-refractivity contribution in [2.45, 2.75) is 39.4 Å². The summed E-state index contributed by atoms with van der Waals surface area (Å²) in [6.45, 7) is 7.64. The van der Waals surface area contributed by atoms with E-state index in [0.717, 1.165) is 26.2 Å². The lowest BCUT2D eigenvalue weighted by atomic mass is 10.1. The van der Waals surface area contributed by atoms with Crippen LogP contribution in [0.1, 0.15) is 34.9 Å². The number of hydrogen-bond acceptors (Lipinski definition) is 3. The number of nitrogens with one attached hydrogen (secondary N) is 1. The van der Waals surface area contributed by atoms with Crippen molar-refractivity contribution in [3.8, 4) is 0 Å². The van der Waals surface area contributed by atoms with Crippen molar-refractivity contribution in [1.29, 1.82) is 0 Å². The van der Waals surface area contributed by atoms with Gasteiger partial charge in [-0.05, 0) is 47.5 Å². The van der Waals surface area contributed by atoms with Crippen LogP contribution in [0.25, 0.3) is 0 Å². The SMILES string of the molecule is CCCNCc1ccc(CN2CCc3sccc3C2)cc1. The Morgan fingerprint density at radius 2 is 1.95 bits per heavy atom. The standard InChI is InChI=1S/C18H24N2S/c1-2-9-19-12-15-3-5-16(6-4-15)13-20-10-7-18-17(14-20)8-11-21-18/h3-6,8,11,19H,2,7,9-10,12-14H2,1H3. The highest BCUT2D eigenvalue weighted by molar-refractivity contribution is 7.10. The molecule has 112 valence electrons. The summed E-state index contributed by atoms with van der Waals surface area (Å²) >= 11 is 1.91. The first-order valence-corrected chi connectivity index (χ1v) is 8.79. The van der Waals surface area contributed by atoms with Crippen molar-refractivity contribution in [2.75, 3.05) is 13.1 Å². The Kier molecular flexibility index (Phi) is 5.07. The molecule has 0 bridgehead atoms. The summed E-state index contributed by atoms with van der Waals surface area (Å²) in [6.07, 6.45) is 2.41. The zero-order chi connectivity index (χ0) is 14.5. The van der Waals surface area contributed by atoms with Gasteiger partial charge in [-0.2, -0.15) is 0 Å². The van der Waals surface area contributed by atoms with Gasteiger partial charge in [0.05, 0.1) is 0 Å². The Morgan fingerprint density at radius 3 is 2.76 bits per heavy atom. The second-order valence-corrected chi connectivity index (χ2v) is 6.82. The minimum absolute atomic E-state index is 0.982. The van der Waals surface area contributed by atoms with Gasteiger partial charge >= 0.3 is 0 Å². The molecule has 0 spiro atoms. The van der Waals surface area contributed by atoms with Gasteiger partial charge in [0, 0.05) is 31.1 Å². The van der Waals surface area contributed by atoms with Crippen LogP contribution in [-0.2, 0) is 26.1 Å². The summed E-state index contributed by atoms with van der Waals surface area (Å²) < 4.78 is 0. The molecule has 21 heavy (non-hydrogen) atoms. The molecule has 0 atom stereocenters. The first-order chi connectivity index (χ1) is 10.3. The molecule has 2 nitrogen and oxygen atoms in total. The Morgan fingerprint density at radius 1 is 1.14 bits per heavy atom. The van der Waals surface area contributed by atoms with Gasteiger partial charge in [0.15, 0.2) is 0 Å². The Labute approximate surface area is 131 Å². The molecule has 0 amide bonds. The van der Waals surface area contributed by atoms with Crippen molar-refractivity contribution in [3.05, 3.63) is 57.3 Å². The summed E-state index contributed by atoms with van der Waals surface area (Å²) in [5.41, 5.74) is 4.34. The third-order valence-electron chi connectivity index (χ3n) is 4.07. The van der Waals surface area contributed by atoms with Crippen molar-refractivity contribution < 1.29 is 0 Å². The molecule has 0 saturated heterocycles. The second-order valence-electron chi connectivity index (χ2n) is 5.82. The lowest BCUT2D eigenvalue weighted by Crippen LogP contribution is -2.29. The average Bonchev–Trinajstić information content (AvgIpc) is 2.97. The number of thiophene rings is 1. The lowest BCUT2D eigenvalue weighted by Gasteiger charge is -2.26. The maximum absolute atomic E-state index is 3.45. The molecule has 1 N–H and O–H groups in total. The van der Waals surface area contributed by atoms with Crippen molar-refractivity contribution >= 4 is 11.3 Å². The molecule has 0 unspecified atom stereocenters. The Hall–Kier alpha value is -1.16. The van der Waals surface area contributed by atoms with E-state index in [0.29, 0.717) is 0 Å². The van der Waals surface area contributed by atoms with Crippen LogP contribution in [-0.4, -0.2) is 18.0 Å². The fourth-order valence-electron chi connectivity index (χ4n) is 2.87. The van der Waals surface area contributed by atoms with E-state index in [2.05, 4.69) is 52.9 Å². The average molecular weight is 300 g/mol. The second kappa shape index (κ2) is 7.21. The van der Waals surface area contributed by atoms with E-state index in [1.165, 1.54) is 36.1 Å². The molecule has 1 aromatic carbocycles. The zero-order valence-corrected chi connectivity index (χ0v) is 13.6. The Balaban J connectivity index is 1.54. The van der Waals surface area contributed by atoms with Crippen LogP contribution in [0.5, 0.6) is 0 Å². The van der Waals surface area contributed by atoms with E-state index < -0.39 is 0 Å². The molecule has 2 heterocycles. The molecule has 0 saturated carbocycles. The van der Waals surface area contributed by atoms with E-state index >= 15 is 0 Å². The summed E-state index contributed by atoms with van der Waals surface area (Å²) in [5, 5.41) is 5.68. The number of nitrogens with zero attached hydrogens (tertiary/aromatic N) is 1. The molecule has 3 heteroatoms. The number of rotatable bonds is 6. The van der Waals surface area contributed by atoms with Gasteiger partial charge in [-0.15, -0.1) is 11.3 Å². The molecule has 3 rings (SSSR count). The highest BCUT2D eigenvalue weighted by Gasteiger charge is 2.16. The van der Waals surface area contributed by atoms with Crippen molar-refractivity contribution in [3.63, 3.8) is 0 Å². The van der Waals surface area contributed by atoms with Crippen molar-refractivity contribution in [1.82, 2.24) is 10.2 Å². The highest BCUT2D eigenvalue weighted by Crippen LogP contribution is 2.25. The van der Waals surface area contributed by atoms with Crippen LogP contribution in [0, 0.1) is 0 Å². The topological polar surface area (TPSA) is 15.3 Å². The van der Waals surface area contributed by atoms with Gasteiger partial charge in [0.1, 0.15) is 0 Å². The summed E-state index contributed by atoms with van der Waals surface area (Å²) in [5.74, 6) is 0. The minimum atomic E-state index is 0.982. The quantitative estimate of drug-likeness (QED) is 0.816. The molecule has 2 aromatic rings. The predicted octanol–water partition coefficient (Wildman–Crippen LogP) is 3.81. The van der Waals surface area contributed by atoms with Gasteiger partial charge in [-0.3, -0.25) is 4.90 Å². The molecule has 0 fully saturated rings. The summed E-state index contributed by atoms with van der Waals surface area (Å²) in [4.78, 5) is 4.14. The predicted molar refractivity (Wildman–Crippen MR) is 90.6 cm³/mol. The normalized spacial score (nSPS) is 15.1. The van der Waals surface area contributed by atoms with Gasteiger partial charge in [-0.25, -0.2) is 0 Å². The van der Waals surface area contributed by atoms with Crippen LogP contribution in [0.15, 0.2) is 35.7 Å². The lowest BCUT2D eigenvalue weighted by molar-refractivity contribution is 0.247. The molecule has 1 aliphatic rings. The third kappa shape index (κ3) is 3.94. The smallest absolute Gasteiger partial charge is 0.0248 e. The van der Waals surface area contributed by atoms with Crippen LogP contribution in [0.4, 0.5) is 0 Å². The fourth-order valence-corrected chi connectivity index (χ4v) is 3.76. The van der Waals surface area contributed by atoms with E-state index in [1.807, 2.05) is 11.3 Å². The fraction of sp³-hybridized carbons (Fsp3) is 0.444. The van der Waals surface area contributed by atoms with E-state index in [1.54, 1.807) is 4.88 Å². The van der Waals surface area contributed by atoms with Crippen LogP contribution in [0.2, 0.25) is 0 Å². The summed E-state index contributed by atoms with van der Waals surface area (Å²) in [6, 6.07) is 11.4. The Bertz CT molecular complexity index is 559. The molecule has 0 radical (unpaired) electrons. The first-order valence-electron chi connectivity index (χ1n) is 7.91. The van der Waals surface area contributed by atoms with Gasteiger partial charge in [-0.1, -0.05) is 31.2 Å². The van der Waals surface area contributed by atoms with Crippen LogP contribution >= 0.6 is 11.3 Å². The maximum atomic E-state index is 3.45. The molecular formula is C18H24N2S. The minimum Gasteiger partial charge on any atom is -0.313 e. The van der Waals surface area contributed by atoms with Gasteiger partial charge < -0.3 is 5.32 Å². The van der Waals surface area contributed by atoms with Gasteiger partial charge in [0.2, 0.25) is 0 Å². The monoisotopic (exact) mass is 300 g/mol. The summed E-state index contributed by atoms with van der Waals surface area (Å²) in [7, 11) is 0. The molecule has 0 aliphatic carbocycles. The highest BCUT2D eigenvalue weighted by atomic mass is 32.1. The third-order valence-corrected chi connectivity index (χ3v) is 5.09. The number of fused-ring (bicyclic) bond motifs is 1. The molecule has 1 aromatic heterocycles. The maximum Gasteiger partial charge on any atom is 0.0248 e. The molecule has 1 aliphatic heterocycles. The largest absolute Gasteiger partial charge is 0.313 e. The first kappa shape index (κ1) is 14.8. The number of benzene rings is 1. The van der Waals surface area contributed by atoms with Gasteiger partial charge in [0.25, 0.3) is 0 Å². The van der Waals surface area contributed by atoms with Crippen LogP contribution in [0.3, 0.4) is 0 Å². The van der Waals surface area contributed by atoms with E-state index in [4.69, 9.17) is 0 Å². The van der Waals surface area contributed by atoms with E-state index in [9.17, 15) is 0 Å². The zero-order valence-electron chi connectivity index (χ0n) is 12.8.